The molecule has 2 aromatic rings. The van der Waals surface area contributed by atoms with Crippen molar-refractivity contribution in [2.45, 2.75) is 31.1 Å². The number of β-amino-alcohol motifs (C(OH)–C–C–N with tert-alkyl or cyclic N) is 1. The van der Waals surface area contributed by atoms with Crippen LogP contribution in [0.25, 0.3) is 0 Å². The van der Waals surface area contributed by atoms with Gasteiger partial charge in [0.05, 0.1) is 20.6 Å². The van der Waals surface area contributed by atoms with E-state index in [2.05, 4.69) is 5.32 Å². The predicted octanol–water partition coefficient (Wildman–Crippen LogP) is 1.36. The molecule has 1 heterocycles. The maximum atomic E-state index is 12.5. The van der Waals surface area contributed by atoms with Crippen LogP contribution in [-0.2, 0) is 17.8 Å². The molecule has 7 nitrogen and oxygen atoms in total. The summed E-state index contributed by atoms with van der Waals surface area (Å²) in [5, 5.41) is 24.6. The Hall–Kier alpha value is -2.61. The van der Waals surface area contributed by atoms with Crippen LogP contribution < -0.4 is 14.8 Å². The van der Waals surface area contributed by atoms with E-state index in [1.807, 2.05) is 48.5 Å². The Morgan fingerprint density at radius 1 is 1.13 bits per heavy atom. The SMILES string of the molecule is COc1ccc(CNC[C@@]2(O)CCN(C(=O)Cc3ccccc3)C[C@@H]2O)cc1OC. The van der Waals surface area contributed by atoms with Gasteiger partial charge in [-0.2, -0.15) is 0 Å². The zero-order chi connectivity index (χ0) is 21.6. The Balaban J connectivity index is 1.51. The summed E-state index contributed by atoms with van der Waals surface area (Å²) >= 11 is 0. The van der Waals surface area contributed by atoms with Crippen LogP contribution in [0.3, 0.4) is 0 Å². The average molecular weight is 415 g/mol. The van der Waals surface area contributed by atoms with Gasteiger partial charge in [0.1, 0.15) is 11.7 Å². The largest absolute Gasteiger partial charge is 0.493 e. The van der Waals surface area contributed by atoms with Crippen molar-refractivity contribution in [3.8, 4) is 11.5 Å². The van der Waals surface area contributed by atoms with E-state index in [9.17, 15) is 15.0 Å². The van der Waals surface area contributed by atoms with E-state index in [-0.39, 0.29) is 19.0 Å². The smallest absolute Gasteiger partial charge is 0.227 e. The van der Waals surface area contributed by atoms with Gasteiger partial charge >= 0.3 is 0 Å². The lowest BCUT2D eigenvalue weighted by atomic mass is 9.88. The second-order valence-electron chi connectivity index (χ2n) is 7.66. The zero-order valence-corrected chi connectivity index (χ0v) is 17.5. The lowest BCUT2D eigenvalue weighted by molar-refractivity contribution is -0.148. The molecule has 1 fully saturated rings. The minimum atomic E-state index is -1.28. The van der Waals surface area contributed by atoms with Crippen molar-refractivity contribution in [1.82, 2.24) is 10.2 Å². The normalized spacial score (nSPS) is 21.3. The number of aliphatic hydroxyl groups excluding tert-OH is 1. The molecule has 0 bridgehead atoms. The van der Waals surface area contributed by atoms with Gasteiger partial charge < -0.3 is 29.9 Å². The van der Waals surface area contributed by atoms with Gasteiger partial charge in [0.2, 0.25) is 5.91 Å². The first-order chi connectivity index (χ1) is 14.4. The summed E-state index contributed by atoms with van der Waals surface area (Å²) in [6.07, 6.45) is -0.402. The molecule has 0 aliphatic carbocycles. The van der Waals surface area contributed by atoms with Crippen molar-refractivity contribution in [1.29, 1.82) is 0 Å². The van der Waals surface area contributed by atoms with E-state index in [4.69, 9.17) is 9.47 Å². The van der Waals surface area contributed by atoms with Crippen LogP contribution in [0.5, 0.6) is 11.5 Å². The number of hydrogen-bond donors (Lipinski definition) is 3. The highest BCUT2D eigenvalue weighted by Gasteiger charge is 2.41. The number of aliphatic hydroxyl groups is 2. The highest BCUT2D eigenvalue weighted by atomic mass is 16.5. The molecule has 2 aromatic carbocycles. The topological polar surface area (TPSA) is 91.3 Å². The first-order valence-electron chi connectivity index (χ1n) is 10.1. The van der Waals surface area contributed by atoms with Crippen molar-refractivity contribution in [3.63, 3.8) is 0 Å². The highest BCUT2D eigenvalue weighted by Crippen LogP contribution is 2.28. The average Bonchev–Trinajstić information content (AvgIpc) is 2.76. The molecule has 1 saturated heterocycles. The predicted molar refractivity (Wildman–Crippen MR) is 114 cm³/mol. The van der Waals surface area contributed by atoms with Crippen LogP contribution in [0.15, 0.2) is 48.5 Å². The van der Waals surface area contributed by atoms with E-state index in [1.165, 1.54) is 0 Å². The summed E-state index contributed by atoms with van der Waals surface area (Å²) in [6, 6.07) is 15.1. The molecule has 0 saturated carbocycles. The molecule has 162 valence electrons. The number of methoxy groups -OCH3 is 2. The fraction of sp³-hybridized carbons (Fsp3) is 0.435. The fourth-order valence-electron chi connectivity index (χ4n) is 3.69. The molecular formula is C23H30N2O5. The number of likely N-dealkylation sites (tertiary alicyclic amines) is 1. The molecular weight excluding hydrogens is 384 g/mol. The van der Waals surface area contributed by atoms with Crippen LogP contribution in [0.1, 0.15) is 17.5 Å². The van der Waals surface area contributed by atoms with Gasteiger partial charge in [0, 0.05) is 26.2 Å². The molecule has 0 unspecified atom stereocenters. The number of piperidine rings is 1. The van der Waals surface area contributed by atoms with Gasteiger partial charge in [-0.25, -0.2) is 0 Å². The van der Waals surface area contributed by atoms with Crippen molar-refractivity contribution in [2.75, 3.05) is 33.9 Å². The van der Waals surface area contributed by atoms with Crippen LogP contribution in [0.4, 0.5) is 0 Å². The lowest BCUT2D eigenvalue weighted by Gasteiger charge is -2.42. The quantitative estimate of drug-likeness (QED) is 0.604. The third kappa shape index (κ3) is 5.30. The summed E-state index contributed by atoms with van der Waals surface area (Å²) in [5.41, 5.74) is 0.635. The lowest BCUT2D eigenvalue weighted by Crippen LogP contribution is -2.60. The number of carbonyl (C=O) groups is 1. The number of benzene rings is 2. The first-order valence-corrected chi connectivity index (χ1v) is 10.1. The van der Waals surface area contributed by atoms with Crippen molar-refractivity contribution < 1.29 is 24.5 Å². The van der Waals surface area contributed by atoms with Gasteiger partial charge in [0.15, 0.2) is 11.5 Å². The van der Waals surface area contributed by atoms with Crippen LogP contribution in [-0.4, -0.2) is 66.6 Å². The van der Waals surface area contributed by atoms with Gasteiger partial charge in [-0.3, -0.25) is 4.79 Å². The Labute approximate surface area is 177 Å². The number of amides is 1. The number of rotatable bonds is 8. The monoisotopic (exact) mass is 414 g/mol. The van der Waals surface area contributed by atoms with Crippen molar-refractivity contribution in [2.24, 2.45) is 0 Å². The first kappa shape index (κ1) is 22.1. The van der Waals surface area contributed by atoms with E-state index >= 15 is 0 Å². The molecule has 7 heteroatoms. The Bertz CT molecular complexity index is 845. The van der Waals surface area contributed by atoms with Gasteiger partial charge in [-0.15, -0.1) is 0 Å². The van der Waals surface area contributed by atoms with Gasteiger partial charge in [-0.1, -0.05) is 36.4 Å². The summed E-state index contributed by atoms with van der Waals surface area (Å²) < 4.78 is 10.5. The number of nitrogens with zero attached hydrogens (tertiary/aromatic N) is 1. The van der Waals surface area contributed by atoms with E-state index in [1.54, 1.807) is 19.1 Å². The van der Waals surface area contributed by atoms with Gasteiger partial charge in [0.25, 0.3) is 0 Å². The molecule has 1 aliphatic heterocycles. The second-order valence-corrected chi connectivity index (χ2v) is 7.66. The Morgan fingerprint density at radius 3 is 2.53 bits per heavy atom. The molecule has 0 spiro atoms. The van der Waals surface area contributed by atoms with E-state index in [0.717, 1.165) is 11.1 Å². The fourth-order valence-corrected chi connectivity index (χ4v) is 3.69. The Morgan fingerprint density at radius 2 is 1.87 bits per heavy atom. The van der Waals surface area contributed by atoms with E-state index < -0.39 is 11.7 Å². The number of hydrogen-bond acceptors (Lipinski definition) is 6. The van der Waals surface area contributed by atoms with Crippen LogP contribution >= 0.6 is 0 Å². The third-order valence-electron chi connectivity index (χ3n) is 5.59. The van der Waals surface area contributed by atoms with Gasteiger partial charge in [-0.05, 0) is 29.7 Å². The molecule has 2 atom stereocenters. The molecule has 3 N–H and O–H groups in total. The standard InChI is InChI=1S/C23H30N2O5/c1-29-19-9-8-18(12-20(19)30-2)14-24-16-23(28)10-11-25(15-21(23)26)22(27)13-17-6-4-3-5-7-17/h3-9,12,21,24,26,28H,10-11,13-16H2,1-2H3/t21-,23-/m0/s1. The second kappa shape index (κ2) is 9.93. The number of carbonyl (C=O) groups excluding carboxylic acids is 1. The minimum absolute atomic E-state index is 0.0411. The number of nitrogens with one attached hydrogen (secondary N) is 1. The summed E-state index contributed by atoms with van der Waals surface area (Å²) in [5.74, 6) is 1.25. The minimum Gasteiger partial charge on any atom is -0.493 e. The molecule has 0 radical (unpaired) electrons. The maximum absolute atomic E-state index is 12.5. The van der Waals surface area contributed by atoms with Crippen LogP contribution in [0.2, 0.25) is 0 Å². The van der Waals surface area contributed by atoms with Crippen molar-refractivity contribution >= 4 is 5.91 Å². The third-order valence-corrected chi connectivity index (χ3v) is 5.59. The molecule has 1 amide bonds. The molecule has 0 aromatic heterocycles. The molecule has 3 rings (SSSR count). The summed E-state index contributed by atoms with van der Waals surface area (Å²) in [4.78, 5) is 14.2. The Kier molecular flexibility index (Phi) is 7.31. The number of ether oxygens (including phenoxy) is 2. The summed E-state index contributed by atoms with van der Waals surface area (Å²) in [7, 11) is 3.17. The highest BCUT2D eigenvalue weighted by molar-refractivity contribution is 5.79. The maximum Gasteiger partial charge on any atom is 0.227 e. The summed E-state index contributed by atoms with van der Waals surface area (Å²) in [6.45, 7) is 1.27. The zero-order valence-electron chi connectivity index (χ0n) is 17.5. The molecule has 1 aliphatic rings. The van der Waals surface area contributed by atoms with E-state index in [0.29, 0.717) is 37.4 Å². The van der Waals surface area contributed by atoms with Crippen molar-refractivity contribution in [3.05, 3.63) is 59.7 Å². The molecule has 30 heavy (non-hydrogen) atoms. The van der Waals surface area contributed by atoms with Crippen LogP contribution in [0, 0.1) is 0 Å².